The third kappa shape index (κ3) is 56.8. The second kappa shape index (κ2) is 59.5. The lowest BCUT2D eigenvalue weighted by Gasteiger charge is -2.18. The molecular formula is C64H120O6. The van der Waals surface area contributed by atoms with Crippen molar-refractivity contribution in [1.82, 2.24) is 0 Å². The van der Waals surface area contributed by atoms with Gasteiger partial charge in [0.2, 0.25) is 0 Å². The van der Waals surface area contributed by atoms with Crippen LogP contribution in [0.3, 0.4) is 0 Å². The van der Waals surface area contributed by atoms with Crippen LogP contribution in [0.25, 0.3) is 0 Å². The number of unbranched alkanes of at least 4 members (excludes halogenated alkanes) is 44. The first-order valence-corrected chi connectivity index (χ1v) is 31.4. The quantitative estimate of drug-likeness (QED) is 0.0261. The Bertz CT molecular complexity index is 1130. The fourth-order valence-corrected chi connectivity index (χ4v) is 9.50. The van der Waals surface area contributed by atoms with Gasteiger partial charge in [-0.05, 0) is 44.9 Å². The maximum absolute atomic E-state index is 12.9. The van der Waals surface area contributed by atoms with Crippen LogP contribution >= 0.6 is 0 Å². The Morgan fingerprint density at radius 2 is 0.500 bits per heavy atom. The Kier molecular flexibility index (Phi) is 57.7. The molecule has 412 valence electrons. The summed E-state index contributed by atoms with van der Waals surface area (Å²) in [5.74, 6) is -0.860. The highest BCUT2D eigenvalue weighted by Gasteiger charge is 2.19. The van der Waals surface area contributed by atoms with Gasteiger partial charge in [0.15, 0.2) is 6.10 Å². The number of carbonyl (C=O) groups is 3. The van der Waals surface area contributed by atoms with E-state index in [0.717, 1.165) is 77.0 Å². The van der Waals surface area contributed by atoms with Gasteiger partial charge in [-0.1, -0.05) is 308 Å². The molecule has 0 aromatic carbocycles. The molecule has 0 rings (SSSR count). The van der Waals surface area contributed by atoms with Crippen molar-refractivity contribution >= 4 is 17.9 Å². The maximum Gasteiger partial charge on any atom is 0.306 e. The molecule has 6 nitrogen and oxygen atoms in total. The fraction of sp³-hybridized carbons (Fsp3) is 0.891. The van der Waals surface area contributed by atoms with Gasteiger partial charge >= 0.3 is 17.9 Å². The Morgan fingerprint density at radius 3 is 0.757 bits per heavy atom. The van der Waals surface area contributed by atoms with E-state index in [1.54, 1.807) is 0 Å². The van der Waals surface area contributed by atoms with Crippen molar-refractivity contribution in [2.24, 2.45) is 0 Å². The zero-order valence-electron chi connectivity index (χ0n) is 47.3. The van der Waals surface area contributed by atoms with Crippen molar-refractivity contribution in [2.45, 2.75) is 354 Å². The van der Waals surface area contributed by atoms with E-state index in [2.05, 4.69) is 45.1 Å². The molecule has 0 spiro atoms. The number of hydrogen-bond acceptors (Lipinski definition) is 6. The first-order valence-electron chi connectivity index (χ1n) is 31.4. The Labute approximate surface area is 436 Å². The molecule has 0 fully saturated rings. The Morgan fingerprint density at radius 1 is 0.286 bits per heavy atom. The number of rotatable bonds is 58. The second-order valence-electron chi connectivity index (χ2n) is 21.4. The van der Waals surface area contributed by atoms with Gasteiger partial charge in [0.25, 0.3) is 0 Å². The smallest absolute Gasteiger partial charge is 0.306 e. The lowest BCUT2D eigenvalue weighted by Crippen LogP contribution is -2.30. The van der Waals surface area contributed by atoms with Crippen molar-refractivity contribution in [2.75, 3.05) is 13.2 Å². The van der Waals surface area contributed by atoms with Gasteiger partial charge in [-0.15, -0.1) is 0 Å². The summed E-state index contributed by atoms with van der Waals surface area (Å²) in [6, 6.07) is 0. The molecule has 0 saturated heterocycles. The molecule has 0 aliphatic rings. The fourth-order valence-electron chi connectivity index (χ4n) is 9.50. The molecule has 70 heavy (non-hydrogen) atoms. The van der Waals surface area contributed by atoms with Gasteiger partial charge in [0.05, 0.1) is 0 Å². The third-order valence-electron chi connectivity index (χ3n) is 14.2. The van der Waals surface area contributed by atoms with Gasteiger partial charge in [0.1, 0.15) is 13.2 Å². The van der Waals surface area contributed by atoms with E-state index >= 15 is 0 Å². The molecule has 0 amide bonds. The molecule has 0 aliphatic heterocycles. The molecule has 0 saturated carbocycles. The number of esters is 3. The van der Waals surface area contributed by atoms with Crippen LogP contribution in [-0.4, -0.2) is 37.2 Å². The standard InChI is InChI=1S/C64H120O6/c1-4-7-10-13-16-19-22-25-28-30-32-34-36-39-42-45-48-51-54-57-63(66)69-60-61(59-68-62(65)56-53-50-47-44-41-38-35-27-24-21-18-15-12-9-6-3)70-64(67)58-55-52-49-46-43-40-37-33-31-29-26-23-20-17-14-11-8-5-2/h29,31,33,37,61H,4-28,30,32,34-36,38-60H2,1-3H3/b31-29-,37-33-. The highest BCUT2D eigenvalue weighted by atomic mass is 16.6. The van der Waals surface area contributed by atoms with Crippen LogP contribution in [-0.2, 0) is 28.6 Å². The zero-order chi connectivity index (χ0) is 50.7. The summed E-state index contributed by atoms with van der Waals surface area (Å²) in [4.78, 5) is 38.3. The molecule has 0 N–H and O–H groups in total. The number of ether oxygens (including phenoxy) is 3. The summed E-state index contributed by atoms with van der Waals surface area (Å²) in [6.45, 7) is 6.69. The van der Waals surface area contributed by atoms with Crippen LogP contribution in [0, 0.1) is 0 Å². The molecule has 0 aromatic rings. The monoisotopic (exact) mass is 985 g/mol. The van der Waals surface area contributed by atoms with Crippen molar-refractivity contribution < 1.29 is 28.6 Å². The lowest BCUT2D eigenvalue weighted by molar-refractivity contribution is -0.167. The van der Waals surface area contributed by atoms with Gasteiger partial charge in [-0.2, -0.15) is 0 Å². The second-order valence-corrected chi connectivity index (χ2v) is 21.4. The van der Waals surface area contributed by atoms with E-state index in [4.69, 9.17) is 14.2 Å². The van der Waals surface area contributed by atoms with Crippen LogP contribution < -0.4 is 0 Å². The molecule has 0 heterocycles. The van der Waals surface area contributed by atoms with Gasteiger partial charge in [0, 0.05) is 19.3 Å². The van der Waals surface area contributed by atoms with E-state index in [0.29, 0.717) is 19.3 Å². The summed E-state index contributed by atoms with van der Waals surface area (Å²) in [5.41, 5.74) is 0. The van der Waals surface area contributed by atoms with Crippen molar-refractivity contribution in [3.05, 3.63) is 24.3 Å². The molecule has 1 unspecified atom stereocenters. The predicted octanol–water partition coefficient (Wildman–Crippen LogP) is 21.1. The average Bonchev–Trinajstić information content (AvgIpc) is 3.36. The SMILES string of the molecule is CCCCCCCCC/C=C\C=C/CCCCCCCC(=O)OC(COC(=O)CCCCCCCCCCCCCCCCC)COC(=O)CCCCCCCCCCCCCCCCCCCCC. The van der Waals surface area contributed by atoms with Crippen LogP contribution in [0.5, 0.6) is 0 Å². The van der Waals surface area contributed by atoms with Crippen molar-refractivity contribution in [3.63, 3.8) is 0 Å². The van der Waals surface area contributed by atoms with Crippen LogP contribution in [0.1, 0.15) is 348 Å². The Hall–Kier alpha value is -2.11. The highest BCUT2D eigenvalue weighted by molar-refractivity contribution is 5.71. The summed E-state index contributed by atoms with van der Waals surface area (Å²) >= 11 is 0. The minimum absolute atomic E-state index is 0.0717. The van der Waals surface area contributed by atoms with Crippen LogP contribution in [0.2, 0.25) is 0 Å². The van der Waals surface area contributed by atoms with Gasteiger partial charge in [-0.25, -0.2) is 0 Å². The zero-order valence-corrected chi connectivity index (χ0v) is 47.3. The molecule has 0 radical (unpaired) electrons. The Balaban J connectivity index is 4.33. The maximum atomic E-state index is 12.9. The first kappa shape index (κ1) is 67.9. The van der Waals surface area contributed by atoms with Crippen molar-refractivity contribution in [1.29, 1.82) is 0 Å². The molecule has 1 atom stereocenters. The van der Waals surface area contributed by atoms with E-state index in [1.807, 2.05) is 0 Å². The molecule has 6 heteroatoms. The number of hydrogen-bond donors (Lipinski definition) is 0. The summed E-state index contributed by atoms with van der Waals surface area (Å²) in [7, 11) is 0. The summed E-state index contributed by atoms with van der Waals surface area (Å²) in [5, 5.41) is 0. The minimum atomic E-state index is -0.775. The van der Waals surface area contributed by atoms with Crippen molar-refractivity contribution in [3.8, 4) is 0 Å². The molecular weight excluding hydrogens is 865 g/mol. The minimum Gasteiger partial charge on any atom is -0.462 e. The molecule has 0 aromatic heterocycles. The first-order chi connectivity index (χ1) is 34.5. The van der Waals surface area contributed by atoms with E-state index in [-0.39, 0.29) is 31.1 Å². The van der Waals surface area contributed by atoms with E-state index in [9.17, 15) is 14.4 Å². The molecule has 0 bridgehead atoms. The largest absolute Gasteiger partial charge is 0.462 e. The van der Waals surface area contributed by atoms with E-state index < -0.39 is 6.10 Å². The lowest BCUT2D eigenvalue weighted by atomic mass is 10.0. The normalized spacial score (nSPS) is 12.1. The van der Waals surface area contributed by atoms with Crippen LogP contribution in [0.15, 0.2) is 24.3 Å². The number of allylic oxidation sites excluding steroid dienone is 4. The topological polar surface area (TPSA) is 78.9 Å². The van der Waals surface area contributed by atoms with Gasteiger partial charge in [-0.3, -0.25) is 14.4 Å². The van der Waals surface area contributed by atoms with E-state index in [1.165, 1.54) is 231 Å². The van der Waals surface area contributed by atoms with Crippen LogP contribution in [0.4, 0.5) is 0 Å². The molecule has 0 aliphatic carbocycles. The highest BCUT2D eigenvalue weighted by Crippen LogP contribution is 2.18. The average molecular weight is 986 g/mol. The summed E-state index contributed by atoms with van der Waals surface area (Å²) in [6.07, 6.45) is 70.3. The predicted molar refractivity (Wildman–Crippen MR) is 303 cm³/mol. The van der Waals surface area contributed by atoms with Gasteiger partial charge < -0.3 is 14.2 Å². The third-order valence-corrected chi connectivity index (χ3v) is 14.2. The number of carbonyl (C=O) groups excluding carboxylic acids is 3. The summed E-state index contributed by atoms with van der Waals surface area (Å²) < 4.78 is 16.9.